The molecule has 0 bridgehead atoms. The van der Waals surface area contributed by atoms with Gasteiger partial charge in [0.25, 0.3) is 0 Å². The van der Waals surface area contributed by atoms with Crippen molar-refractivity contribution in [3.8, 4) is 11.5 Å². The maximum atomic E-state index is 12.1. The number of nitrogens with one attached hydrogen (secondary N) is 1. The molecular weight excluding hydrogens is 296 g/mol. The number of carbonyl (C=O) groups excluding carboxylic acids is 1. The summed E-state index contributed by atoms with van der Waals surface area (Å²) < 4.78 is 16.9. The standard InChI is InChI=1S/C17H24N2O4/c1-13(16-12-22-14-4-2-3-5-15(14)23-16)18-17(20)6-7-19-8-10-21-11-9-19/h2-5,13,16H,6-12H2,1H3,(H,18,20)/t13-,16+/m1/s1. The summed E-state index contributed by atoms with van der Waals surface area (Å²) in [5, 5.41) is 3.02. The number of rotatable bonds is 5. The molecule has 0 radical (unpaired) electrons. The quantitative estimate of drug-likeness (QED) is 0.879. The van der Waals surface area contributed by atoms with Crippen LogP contribution in [0.1, 0.15) is 13.3 Å². The van der Waals surface area contributed by atoms with Gasteiger partial charge in [0.2, 0.25) is 5.91 Å². The number of hydrogen-bond acceptors (Lipinski definition) is 5. The molecule has 1 amide bonds. The van der Waals surface area contributed by atoms with Crippen molar-refractivity contribution in [3.05, 3.63) is 24.3 Å². The number of carbonyl (C=O) groups is 1. The Bertz CT molecular complexity index is 531. The van der Waals surface area contributed by atoms with Crippen LogP contribution in [0.15, 0.2) is 24.3 Å². The van der Waals surface area contributed by atoms with Crippen LogP contribution in [0.25, 0.3) is 0 Å². The molecule has 2 heterocycles. The number of nitrogens with zero attached hydrogens (tertiary/aromatic N) is 1. The van der Waals surface area contributed by atoms with E-state index in [-0.39, 0.29) is 18.1 Å². The van der Waals surface area contributed by atoms with Crippen LogP contribution in [0.3, 0.4) is 0 Å². The second-order valence-electron chi connectivity index (χ2n) is 5.97. The molecule has 2 aliphatic heterocycles. The zero-order chi connectivity index (χ0) is 16.1. The maximum absolute atomic E-state index is 12.1. The lowest BCUT2D eigenvalue weighted by molar-refractivity contribution is -0.123. The van der Waals surface area contributed by atoms with E-state index in [0.29, 0.717) is 13.0 Å². The van der Waals surface area contributed by atoms with Gasteiger partial charge in [-0.1, -0.05) is 12.1 Å². The molecule has 6 nitrogen and oxygen atoms in total. The average molecular weight is 320 g/mol. The molecule has 0 unspecified atom stereocenters. The van der Waals surface area contributed by atoms with Crippen molar-refractivity contribution < 1.29 is 19.0 Å². The Labute approximate surface area is 136 Å². The van der Waals surface area contributed by atoms with Crippen LogP contribution in [0.4, 0.5) is 0 Å². The fourth-order valence-corrected chi connectivity index (χ4v) is 2.79. The highest BCUT2D eigenvalue weighted by Crippen LogP contribution is 2.31. The van der Waals surface area contributed by atoms with Gasteiger partial charge in [-0.05, 0) is 19.1 Å². The highest BCUT2D eigenvalue weighted by molar-refractivity contribution is 5.76. The van der Waals surface area contributed by atoms with E-state index in [9.17, 15) is 4.79 Å². The van der Waals surface area contributed by atoms with Gasteiger partial charge in [-0.25, -0.2) is 0 Å². The first-order valence-electron chi connectivity index (χ1n) is 8.20. The van der Waals surface area contributed by atoms with E-state index in [1.807, 2.05) is 31.2 Å². The summed E-state index contributed by atoms with van der Waals surface area (Å²) in [5.74, 6) is 1.54. The Morgan fingerprint density at radius 1 is 1.30 bits per heavy atom. The first-order valence-corrected chi connectivity index (χ1v) is 8.20. The van der Waals surface area contributed by atoms with E-state index in [2.05, 4.69) is 10.2 Å². The average Bonchev–Trinajstić information content (AvgIpc) is 2.60. The van der Waals surface area contributed by atoms with E-state index < -0.39 is 0 Å². The number of benzene rings is 1. The van der Waals surface area contributed by atoms with Crippen LogP contribution < -0.4 is 14.8 Å². The molecule has 0 aromatic heterocycles. The first kappa shape index (κ1) is 16.1. The summed E-state index contributed by atoms with van der Waals surface area (Å²) in [6, 6.07) is 7.50. The molecule has 126 valence electrons. The third kappa shape index (κ3) is 4.36. The van der Waals surface area contributed by atoms with Gasteiger partial charge < -0.3 is 19.5 Å². The predicted octanol–water partition coefficient (Wildman–Crippen LogP) is 1.05. The van der Waals surface area contributed by atoms with Crippen LogP contribution in [0, 0.1) is 0 Å². The third-order valence-corrected chi connectivity index (χ3v) is 4.24. The molecule has 2 atom stereocenters. The smallest absolute Gasteiger partial charge is 0.221 e. The van der Waals surface area contributed by atoms with Gasteiger partial charge >= 0.3 is 0 Å². The summed E-state index contributed by atoms with van der Waals surface area (Å²) in [7, 11) is 0. The lowest BCUT2D eigenvalue weighted by Crippen LogP contribution is -2.48. The molecule has 23 heavy (non-hydrogen) atoms. The summed E-state index contributed by atoms with van der Waals surface area (Å²) in [4.78, 5) is 14.4. The Balaban J connectivity index is 1.43. The zero-order valence-corrected chi connectivity index (χ0v) is 13.5. The van der Waals surface area contributed by atoms with E-state index in [1.165, 1.54) is 0 Å². The van der Waals surface area contributed by atoms with Crippen LogP contribution in [0.2, 0.25) is 0 Å². The van der Waals surface area contributed by atoms with Gasteiger partial charge in [-0.15, -0.1) is 0 Å². The molecule has 6 heteroatoms. The second kappa shape index (κ2) is 7.66. The Morgan fingerprint density at radius 2 is 2.04 bits per heavy atom. The molecule has 1 saturated heterocycles. The first-order chi connectivity index (χ1) is 11.2. The monoisotopic (exact) mass is 320 g/mol. The van der Waals surface area contributed by atoms with Crippen LogP contribution in [-0.4, -0.2) is 62.4 Å². The summed E-state index contributed by atoms with van der Waals surface area (Å²) in [6.45, 7) is 6.48. The lowest BCUT2D eigenvalue weighted by atomic mass is 10.1. The molecule has 0 saturated carbocycles. The topological polar surface area (TPSA) is 60.0 Å². The SMILES string of the molecule is C[C@@H](NC(=O)CCN1CCOCC1)[C@@H]1COc2ccccc2O1. The summed E-state index contributed by atoms with van der Waals surface area (Å²) >= 11 is 0. The molecule has 1 N–H and O–H groups in total. The molecule has 0 aliphatic carbocycles. The van der Waals surface area contributed by atoms with Crippen molar-refractivity contribution in [2.45, 2.75) is 25.5 Å². The van der Waals surface area contributed by atoms with Gasteiger partial charge in [-0.3, -0.25) is 9.69 Å². The predicted molar refractivity (Wildman–Crippen MR) is 85.8 cm³/mol. The van der Waals surface area contributed by atoms with Crippen LogP contribution >= 0.6 is 0 Å². The minimum absolute atomic E-state index is 0.0476. The largest absolute Gasteiger partial charge is 0.486 e. The van der Waals surface area contributed by atoms with Gasteiger partial charge in [0.1, 0.15) is 6.61 Å². The Kier molecular flexibility index (Phi) is 5.35. The summed E-state index contributed by atoms with van der Waals surface area (Å²) in [6.07, 6.45) is 0.325. The number of hydrogen-bond donors (Lipinski definition) is 1. The minimum atomic E-state index is -0.169. The molecule has 0 spiro atoms. The zero-order valence-electron chi connectivity index (χ0n) is 13.5. The molecule has 2 aliphatic rings. The summed E-state index contributed by atoms with van der Waals surface area (Å²) in [5.41, 5.74) is 0. The maximum Gasteiger partial charge on any atom is 0.221 e. The van der Waals surface area contributed by atoms with E-state index in [0.717, 1.165) is 44.3 Å². The number of para-hydroxylation sites is 2. The van der Waals surface area contributed by atoms with Crippen molar-refractivity contribution in [2.24, 2.45) is 0 Å². The molecule has 1 fully saturated rings. The number of ether oxygens (including phenoxy) is 3. The van der Waals surface area contributed by atoms with Gasteiger partial charge in [-0.2, -0.15) is 0 Å². The highest BCUT2D eigenvalue weighted by atomic mass is 16.6. The van der Waals surface area contributed by atoms with E-state index in [1.54, 1.807) is 0 Å². The van der Waals surface area contributed by atoms with E-state index >= 15 is 0 Å². The molecular formula is C17H24N2O4. The minimum Gasteiger partial charge on any atom is -0.486 e. The van der Waals surface area contributed by atoms with Crippen LogP contribution in [0.5, 0.6) is 11.5 Å². The molecule has 1 aromatic carbocycles. The Hall–Kier alpha value is -1.79. The van der Waals surface area contributed by atoms with Crippen molar-refractivity contribution in [1.82, 2.24) is 10.2 Å². The van der Waals surface area contributed by atoms with Crippen molar-refractivity contribution in [2.75, 3.05) is 39.5 Å². The van der Waals surface area contributed by atoms with Crippen LogP contribution in [-0.2, 0) is 9.53 Å². The Morgan fingerprint density at radius 3 is 2.83 bits per heavy atom. The molecule has 3 rings (SSSR count). The van der Waals surface area contributed by atoms with Gasteiger partial charge in [0.05, 0.1) is 19.3 Å². The second-order valence-corrected chi connectivity index (χ2v) is 5.97. The third-order valence-electron chi connectivity index (χ3n) is 4.24. The molecule has 1 aromatic rings. The van der Waals surface area contributed by atoms with Crippen molar-refractivity contribution in [1.29, 1.82) is 0 Å². The van der Waals surface area contributed by atoms with Gasteiger partial charge in [0.15, 0.2) is 17.6 Å². The van der Waals surface area contributed by atoms with Gasteiger partial charge in [0, 0.05) is 26.1 Å². The number of amides is 1. The van der Waals surface area contributed by atoms with Crippen molar-refractivity contribution >= 4 is 5.91 Å². The highest BCUT2D eigenvalue weighted by Gasteiger charge is 2.27. The number of fused-ring (bicyclic) bond motifs is 1. The number of morpholine rings is 1. The normalized spacial score (nSPS) is 22.4. The van der Waals surface area contributed by atoms with Crippen molar-refractivity contribution in [3.63, 3.8) is 0 Å². The fraction of sp³-hybridized carbons (Fsp3) is 0.588. The fourth-order valence-electron chi connectivity index (χ4n) is 2.79. The lowest BCUT2D eigenvalue weighted by Gasteiger charge is -2.31. The van der Waals surface area contributed by atoms with E-state index in [4.69, 9.17) is 14.2 Å².